The van der Waals surface area contributed by atoms with Crippen molar-refractivity contribution in [2.75, 3.05) is 31.6 Å². The number of nitrogens with zero attached hydrogens (tertiary/aromatic N) is 2. The Balaban J connectivity index is 1.90. The van der Waals surface area contributed by atoms with E-state index in [0.29, 0.717) is 6.04 Å². The lowest BCUT2D eigenvalue weighted by atomic mass is 10.2. The van der Waals surface area contributed by atoms with Crippen molar-refractivity contribution in [2.24, 2.45) is 4.99 Å². The summed E-state index contributed by atoms with van der Waals surface area (Å²) in [7, 11) is 1.79. The lowest BCUT2D eigenvalue weighted by molar-refractivity contribution is 0.627. The van der Waals surface area contributed by atoms with Crippen LogP contribution in [0.3, 0.4) is 0 Å². The zero-order valence-corrected chi connectivity index (χ0v) is 12.4. The van der Waals surface area contributed by atoms with Crippen LogP contribution in [0.25, 0.3) is 0 Å². The molecule has 1 aliphatic heterocycles. The second kappa shape index (κ2) is 6.98. The van der Waals surface area contributed by atoms with E-state index in [4.69, 9.17) is 0 Å². The van der Waals surface area contributed by atoms with Gasteiger partial charge in [0.1, 0.15) is 0 Å². The topological polar surface area (TPSA) is 39.7 Å². The summed E-state index contributed by atoms with van der Waals surface area (Å²) in [5.74, 6) is 0.823. The first-order valence-corrected chi connectivity index (χ1v) is 7.16. The highest BCUT2D eigenvalue weighted by molar-refractivity contribution is 5.79. The number of guanidine groups is 1. The molecule has 1 aromatic rings. The fourth-order valence-electron chi connectivity index (χ4n) is 2.57. The molecule has 4 nitrogen and oxygen atoms in total. The van der Waals surface area contributed by atoms with E-state index in [1.165, 1.54) is 11.3 Å². The highest BCUT2D eigenvalue weighted by Crippen LogP contribution is 2.28. The Hall–Kier alpha value is -1.97. The van der Waals surface area contributed by atoms with Crippen LogP contribution in [-0.4, -0.2) is 38.7 Å². The third kappa shape index (κ3) is 3.32. The molecule has 0 spiro atoms. The Morgan fingerprint density at radius 2 is 2.25 bits per heavy atom. The largest absolute Gasteiger partial charge is 0.366 e. The van der Waals surface area contributed by atoms with E-state index in [-0.39, 0.29) is 0 Å². The zero-order chi connectivity index (χ0) is 14.4. The average Bonchev–Trinajstić information content (AvgIpc) is 2.91. The molecule has 0 radical (unpaired) electrons. The van der Waals surface area contributed by atoms with Gasteiger partial charge in [-0.15, -0.1) is 6.58 Å². The van der Waals surface area contributed by atoms with E-state index in [0.717, 1.165) is 32.0 Å². The van der Waals surface area contributed by atoms with Crippen LogP contribution < -0.4 is 15.5 Å². The quantitative estimate of drug-likeness (QED) is 0.488. The zero-order valence-electron chi connectivity index (χ0n) is 12.4. The molecule has 4 heteroatoms. The van der Waals surface area contributed by atoms with Crippen molar-refractivity contribution >= 4 is 11.6 Å². The predicted molar refractivity (Wildman–Crippen MR) is 86.5 cm³/mol. The number of aliphatic imine (C=N–C) groups is 1. The van der Waals surface area contributed by atoms with Crippen LogP contribution in [0, 0.1) is 0 Å². The van der Waals surface area contributed by atoms with Crippen molar-refractivity contribution in [3.63, 3.8) is 0 Å². The van der Waals surface area contributed by atoms with Crippen LogP contribution in [0.2, 0.25) is 0 Å². The van der Waals surface area contributed by atoms with Crippen molar-refractivity contribution < 1.29 is 0 Å². The van der Waals surface area contributed by atoms with Gasteiger partial charge in [-0.3, -0.25) is 4.99 Å². The lowest BCUT2D eigenvalue weighted by Crippen LogP contribution is -2.45. The van der Waals surface area contributed by atoms with Gasteiger partial charge >= 0.3 is 0 Å². The number of hydrogen-bond donors (Lipinski definition) is 2. The minimum absolute atomic E-state index is 0.431. The number of fused-ring (bicyclic) bond motifs is 1. The Labute approximate surface area is 121 Å². The van der Waals surface area contributed by atoms with Crippen molar-refractivity contribution in [2.45, 2.75) is 19.4 Å². The van der Waals surface area contributed by atoms with Gasteiger partial charge in [-0.1, -0.05) is 24.3 Å². The van der Waals surface area contributed by atoms with Gasteiger partial charge in [0.05, 0.1) is 0 Å². The number of anilines is 1. The molecule has 2 rings (SSSR count). The third-order valence-corrected chi connectivity index (χ3v) is 3.66. The van der Waals surface area contributed by atoms with Crippen LogP contribution in [0.1, 0.15) is 12.5 Å². The first-order valence-electron chi connectivity index (χ1n) is 7.16. The summed E-state index contributed by atoms with van der Waals surface area (Å²) in [6, 6.07) is 9.10. The molecule has 2 N–H and O–H groups in total. The minimum atomic E-state index is 0.431. The van der Waals surface area contributed by atoms with Gasteiger partial charge in [0.15, 0.2) is 5.96 Å². The highest BCUT2D eigenvalue weighted by Gasteiger charge is 2.22. The van der Waals surface area contributed by atoms with Crippen molar-refractivity contribution in [3.05, 3.63) is 42.5 Å². The Kier molecular flexibility index (Phi) is 5.04. The molecule has 1 heterocycles. The molecular formula is C16H24N4. The number of hydrogen-bond acceptors (Lipinski definition) is 2. The number of benzene rings is 1. The molecule has 1 aliphatic rings. The van der Waals surface area contributed by atoms with Crippen LogP contribution in [-0.2, 0) is 6.42 Å². The van der Waals surface area contributed by atoms with Crippen molar-refractivity contribution in [1.82, 2.24) is 10.6 Å². The smallest absolute Gasteiger partial charge is 0.191 e. The summed E-state index contributed by atoms with van der Waals surface area (Å²) in [6.07, 6.45) is 2.97. The van der Waals surface area contributed by atoms with Gasteiger partial charge in [-0.2, -0.15) is 0 Å². The Morgan fingerprint density at radius 1 is 1.45 bits per heavy atom. The average molecular weight is 272 g/mol. The molecule has 1 unspecified atom stereocenters. The van der Waals surface area contributed by atoms with E-state index in [2.05, 4.69) is 58.3 Å². The van der Waals surface area contributed by atoms with Gasteiger partial charge in [0.2, 0.25) is 0 Å². The summed E-state index contributed by atoms with van der Waals surface area (Å²) in [5, 5.41) is 6.55. The van der Waals surface area contributed by atoms with E-state index in [9.17, 15) is 0 Å². The highest BCUT2D eigenvalue weighted by atomic mass is 15.2. The predicted octanol–water partition coefficient (Wildman–Crippen LogP) is 1.79. The maximum atomic E-state index is 4.20. The van der Waals surface area contributed by atoms with Crippen molar-refractivity contribution in [1.29, 1.82) is 0 Å². The maximum absolute atomic E-state index is 4.20. The van der Waals surface area contributed by atoms with Gasteiger partial charge in [0, 0.05) is 38.4 Å². The summed E-state index contributed by atoms with van der Waals surface area (Å²) in [4.78, 5) is 6.66. The first-order chi connectivity index (χ1) is 9.76. The summed E-state index contributed by atoms with van der Waals surface area (Å²) in [5.41, 5.74) is 2.82. The third-order valence-electron chi connectivity index (χ3n) is 3.66. The van der Waals surface area contributed by atoms with Gasteiger partial charge in [-0.25, -0.2) is 0 Å². The van der Waals surface area contributed by atoms with Gasteiger partial charge in [0.25, 0.3) is 0 Å². The molecule has 20 heavy (non-hydrogen) atoms. The standard InChI is InChI=1S/C16H24N4/c1-4-10-18-16(17-3)19-12-13(2)20-11-9-14-7-5-6-8-15(14)20/h4-8,13H,1,9-12H2,2-3H3,(H2,17,18,19). The van der Waals surface area contributed by atoms with Crippen LogP contribution >= 0.6 is 0 Å². The minimum Gasteiger partial charge on any atom is -0.366 e. The van der Waals surface area contributed by atoms with E-state index >= 15 is 0 Å². The monoisotopic (exact) mass is 272 g/mol. The van der Waals surface area contributed by atoms with Gasteiger partial charge in [-0.05, 0) is 25.0 Å². The first kappa shape index (κ1) is 14.4. The Bertz CT molecular complexity index is 481. The fourth-order valence-corrected chi connectivity index (χ4v) is 2.57. The number of para-hydroxylation sites is 1. The second-order valence-corrected chi connectivity index (χ2v) is 5.04. The maximum Gasteiger partial charge on any atom is 0.191 e. The Morgan fingerprint density at radius 3 is 3.00 bits per heavy atom. The summed E-state index contributed by atoms with van der Waals surface area (Å²) < 4.78 is 0. The van der Waals surface area contributed by atoms with E-state index < -0.39 is 0 Å². The van der Waals surface area contributed by atoms with Gasteiger partial charge < -0.3 is 15.5 Å². The molecule has 0 saturated carbocycles. The molecular weight excluding hydrogens is 248 g/mol. The van der Waals surface area contributed by atoms with Crippen LogP contribution in [0.15, 0.2) is 41.9 Å². The number of rotatable bonds is 5. The molecule has 108 valence electrons. The summed E-state index contributed by atoms with van der Waals surface area (Å²) in [6.45, 7) is 8.63. The number of nitrogens with one attached hydrogen (secondary N) is 2. The molecule has 0 fully saturated rings. The summed E-state index contributed by atoms with van der Waals surface area (Å²) >= 11 is 0. The van der Waals surface area contributed by atoms with Crippen LogP contribution in [0.5, 0.6) is 0 Å². The molecule has 0 bridgehead atoms. The molecule has 0 aromatic heterocycles. The van der Waals surface area contributed by atoms with Crippen molar-refractivity contribution in [3.8, 4) is 0 Å². The SMILES string of the molecule is C=CCNC(=NC)NCC(C)N1CCc2ccccc21. The van der Waals surface area contributed by atoms with E-state index in [1.807, 2.05) is 6.08 Å². The molecule has 1 atom stereocenters. The normalized spacial score (nSPS) is 15.7. The molecule has 0 saturated heterocycles. The molecule has 1 aromatic carbocycles. The molecule has 0 aliphatic carbocycles. The van der Waals surface area contributed by atoms with E-state index in [1.54, 1.807) is 7.05 Å². The fraction of sp³-hybridized carbons (Fsp3) is 0.438. The molecule has 0 amide bonds. The second-order valence-electron chi connectivity index (χ2n) is 5.04. The lowest BCUT2D eigenvalue weighted by Gasteiger charge is -2.28. The van der Waals surface area contributed by atoms with Crippen LogP contribution in [0.4, 0.5) is 5.69 Å².